The average Bonchev–Trinajstić information content (AvgIpc) is 2.79. The number of nitrogen functional groups attached to an aromatic ring is 1. The van der Waals surface area contributed by atoms with Crippen molar-refractivity contribution in [1.82, 2.24) is 9.97 Å². The highest BCUT2D eigenvalue weighted by Crippen LogP contribution is 2.34. The fourth-order valence-electron chi connectivity index (χ4n) is 4.22. The van der Waals surface area contributed by atoms with Crippen molar-refractivity contribution in [3.8, 4) is 0 Å². The molecule has 1 saturated heterocycles. The Morgan fingerprint density at radius 2 is 1.66 bits per heavy atom. The van der Waals surface area contributed by atoms with Gasteiger partial charge in [-0.1, -0.05) is 67.6 Å². The fourth-order valence-corrected chi connectivity index (χ4v) is 4.22. The van der Waals surface area contributed by atoms with E-state index in [-0.39, 0.29) is 6.04 Å². The molecule has 0 spiro atoms. The Hall–Kier alpha value is -3.08. The summed E-state index contributed by atoms with van der Waals surface area (Å²) >= 11 is 0. The van der Waals surface area contributed by atoms with Crippen LogP contribution in [-0.4, -0.2) is 22.6 Å². The second-order valence-electron chi connectivity index (χ2n) is 7.61. The van der Waals surface area contributed by atoms with Crippen LogP contribution >= 0.6 is 0 Å². The number of aromatic nitrogens is 2. The largest absolute Gasteiger partial charge is 0.393 e. The Bertz CT molecular complexity index is 874. The number of nitrogens with one attached hydrogen (secondary N) is 1. The van der Waals surface area contributed by atoms with Crippen molar-refractivity contribution in [2.24, 2.45) is 0 Å². The highest BCUT2D eigenvalue weighted by molar-refractivity contribution is 5.76. The van der Waals surface area contributed by atoms with Gasteiger partial charge in [0, 0.05) is 12.6 Å². The summed E-state index contributed by atoms with van der Waals surface area (Å²) in [5, 5.41) is 3.59. The monoisotopic (exact) mass is 387 g/mol. The average molecular weight is 388 g/mol. The Morgan fingerprint density at radius 1 is 1.00 bits per heavy atom. The van der Waals surface area contributed by atoms with E-state index in [1.54, 1.807) is 6.33 Å². The van der Waals surface area contributed by atoms with Crippen molar-refractivity contribution in [2.75, 3.05) is 22.5 Å². The number of rotatable bonds is 6. The van der Waals surface area contributed by atoms with Gasteiger partial charge in [0.25, 0.3) is 0 Å². The van der Waals surface area contributed by atoms with Crippen LogP contribution in [-0.2, 0) is 0 Å². The van der Waals surface area contributed by atoms with Gasteiger partial charge in [-0.05, 0) is 36.8 Å². The lowest BCUT2D eigenvalue weighted by Crippen LogP contribution is -2.40. The number of nitrogens with two attached hydrogens (primary N) is 1. The molecule has 0 saturated carbocycles. The third-order valence-electron chi connectivity index (χ3n) is 5.78. The minimum Gasteiger partial charge on any atom is -0.393 e. The molecule has 1 aliphatic heterocycles. The lowest BCUT2D eigenvalue weighted by Gasteiger charge is -2.37. The topological polar surface area (TPSA) is 67.1 Å². The highest BCUT2D eigenvalue weighted by atomic mass is 15.2. The predicted octanol–water partition coefficient (Wildman–Crippen LogP) is 5.03. The molecule has 2 heterocycles. The van der Waals surface area contributed by atoms with E-state index in [1.807, 2.05) is 12.1 Å². The lowest BCUT2D eigenvalue weighted by atomic mass is 9.98. The molecular formula is C24H29N5. The van der Waals surface area contributed by atoms with Gasteiger partial charge in [-0.2, -0.15) is 0 Å². The normalized spacial score (nSPS) is 16.8. The number of hydrogen-bond donors (Lipinski definition) is 2. The van der Waals surface area contributed by atoms with E-state index in [0.29, 0.717) is 17.5 Å². The molecule has 3 N–H and O–H groups in total. The Labute approximate surface area is 173 Å². The van der Waals surface area contributed by atoms with E-state index in [2.05, 4.69) is 75.6 Å². The Balaban J connectivity index is 1.68. The molecule has 5 nitrogen and oxygen atoms in total. The summed E-state index contributed by atoms with van der Waals surface area (Å²) in [4.78, 5) is 11.4. The SMILES string of the molecule is CCC1CCCCN1c1ncnc(NC(c2ccccc2)c2ccccc2)c1N. The fraction of sp³-hybridized carbons (Fsp3) is 0.333. The summed E-state index contributed by atoms with van der Waals surface area (Å²) in [7, 11) is 0. The Morgan fingerprint density at radius 3 is 2.28 bits per heavy atom. The first-order valence-corrected chi connectivity index (χ1v) is 10.5. The van der Waals surface area contributed by atoms with E-state index in [0.717, 1.165) is 18.8 Å². The van der Waals surface area contributed by atoms with Crippen LogP contribution in [0.25, 0.3) is 0 Å². The van der Waals surface area contributed by atoms with Crippen molar-refractivity contribution in [2.45, 2.75) is 44.7 Å². The van der Waals surface area contributed by atoms with Gasteiger partial charge >= 0.3 is 0 Å². The van der Waals surface area contributed by atoms with E-state index in [9.17, 15) is 0 Å². The number of anilines is 3. The van der Waals surface area contributed by atoms with Gasteiger partial charge in [0.15, 0.2) is 11.6 Å². The van der Waals surface area contributed by atoms with Crippen LogP contribution in [0, 0.1) is 0 Å². The highest BCUT2D eigenvalue weighted by Gasteiger charge is 2.25. The number of hydrogen-bond acceptors (Lipinski definition) is 5. The van der Waals surface area contributed by atoms with Gasteiger partial charge in [-0.15, -0.1) is 0 Å². The molecule has 0 bridgehead atoms. The van der Waals surface area contributed by atoms with Crippen molar-refractivity contribution in [3.05, 3.63) is 78.1 Å². The summed E-state index contributed by atoms with van der Waals surface area (Å²) in [5.41, 5.74) is 9.57. The third-order valence-corrected chi connectivity index (χ3v) is 5.78. The summed E-state index contributed by atoms with van der Waals surface area (Å²) in [5.74, 6) is 1.54. The van der Waals surface area contributed by atoms with Crippen LogP contribution in [0.3, 0.4) is 0 Å². The molecule has 5 heteroatoms. The van der Waals surface area contributed by atoms with Crippen LogP contribution in [0.1, 0.15) is 49.8 Å². The molecule has 4 rings (SSSR count). The Kier molecular flexibility index (Phi) is 5.94. The lowest BCUT2D eigenvalue weighted by molar-refractivity contribution is 0.447. The first-order chi connectivity index (χ1) is 14.3. The molecule has 0 amide bonds. The molecule has 150 valence electrons. The molecule has 0 aliphatic carbocycles. The van der Waals surface area contributed by atoms with Crippen LogP contribution in [0.15, 0.2) is 67.0 Å². The summed E-state index contributed by atoms with van der Waals surface area (Å²) < 4.78 is 0. The molecule has 0 radical (unpaired) electrons. The van der Waals surface area contributed by atoms with Gasteiger partial charge in [-0.25, -0.2) is 9.97 Å². The molecule has 1 fully saturated rings. The number of nitrogens with zero attached hydrogens (tertiary/aromatic N) is 3. The first kappa shape index (κ1) is 19.2. The maximum Gasteiger partial charge on any atom is 0.157 e. The molecule has 1 unspecified atom stereocenters. The van der Waals surface area contributed by atoms with E-state index < -0.39 is 0 Å². The van der Waals surface area contributed by atoms with Crippen LogP contribution in [0.5, 0.6) is 0 Å². The quantitative estimate of drug-likeness (QED) is 0.621. The number of piperidine rings is 1. The standard InChI is InChI=1S/C24H29N5/c1-2-20-15-9-10-16-29(20)24-21(25)23(26-17-27-24)28-22(18-11-5-3-6-12-18)19-13-7-4-8-14-19/h3-8,11-14,17,20,22H,2,9-10,15-16,25H2,1H3,(H,26,27,28). The number of benzene rings is 2. The van der Waals surface area contributed by atoms with Crippen molar-refractivity contribution in [1.29, 1.82) is 0 Å². The van der Waals surface area contributed by atoms with Gasteiger partial charge in [0.05, 0.1) is 6.04 Å². The molecule has 1 aliphatic rings. The van der Waals surface area contributed by atoms with Crippen molar-refractivity contribution < 1.29 is 0 Å². The first-order valence-electron chi connectivity index (χ1n) is 10.5. The van der Waals surface area contributed by atoms with Crippen molar-refractivity contribution >= 4 is 17.3 Å². The molecule has 3 aromatic rings. The summed E-state index contributed by atoms with van der Waals surface area (Å²) in [6.07, 6.45) is 6.37. The summed E-state index contributed by atoms with van der Waals surface area (Å²) in [6.45, 7) is 3.24. The zero-order valence-electron chi connectivity index (χ0n) is 17.0. The molecule has 1 atom stereocenters. The van der Waals surface area contributed by atoms with Crippen LogP contribution in [0.2, 0.25) is 0 Å². The minimum absolute atomic E-state index is 0.0363. The summed E-state index contributed by atoms with van der Waals surface area (Å²) in [6, 6.07) is 21.3. The van der Waals surface area contributed by atoms with E-state index in [4.69, 9.17) is 5.73 Å². The van der Waals surface area contributed by atoms with Crippen LogP contribution < -0.4 is 16.0 Å². The second kappa shape index (κ2) is 8.95. The maximum atomic E-state index is 6.61. The van der Waals surface area contributed by atoms with E-state index >= 15 is 0 Å². The minimum atomic E-state index is -0.0363. The van der Waals surface area contributed by atoms with Gasteiger partial charge < -0.3 is 16.0 Å². The van der Waals surface area contributed by atoms with E-state index in [1.165, 1.54) is 30.4 Å². The maximum absolute atomic E-state index is 6.61. The molecule has 29 heavy (non-hydrogen) atoms. The zero-order chi connectivity index (χ0) is 20.1. The van der Waals surface area contributed by atoms with Gasteiger partial charge in [-0.3, -0.25) is 0 Å². The van der Waals surface area contributed by atoms with Crippen LogP contribution in [0.4, 0.5) is 17.3 Å². The van der Waals surface area contributed by atoms with Crippen molar-refractivity contribution in [3.63, 3.8) is 0 Å². The molecular weight excluding hydrogens is 358 g/mol. The van der Waals surface area contributed by atoms with Gasteiger partial charge in [0.2, 0.25) is 0 Å². The van der Waals surface area contributed by atoms with Gasteiger partial charge in [0.1, 0.15) is 12.0 Å². The molecule has 2 aromatic carbocycles. The molecule has 1 aromatic heterocycles. The predicted molar refractivity (Wildman–Crippen MR) is 120 cm³/mol. The zero-order valence-corrected chi connectivity index (χ0v) is 17.0. The second-order valence-corrected chi connectivity index (χ2v) is 7.61. The third kappa shape index (κ3) is 4.19. The smallest absolute Gasteiger partial charge is 0.157 e.